The Kier molecular flexibility index (Phi) is 2.52. The summed E-state index contributed by atoms with van der Waals surface area (Å²) in [6, 6.07) is 9.83. The lowest BCUT2D eigenvalue weighted by atomic mass is 10.1. The smallest absolute Gasteiger partial charge is 0.356 e. The van der Waals surface area contributed by atoms with Gasteiger partial charge in [0.05, 0.1) is 5.52 Å². The molecule has 3 aromatic rings. The number of carbonyl (C=O) groups is 1. The van der Waals surface area contributed by atoms with Gasteiger partial charge >= 0.3 is 5.97 Å². The number of hydrogen-bond donors (Lipinski definition) is 1. The van der Waals surface area contributed by atoms with E-state index in [9.17, 15) is 4.79 Å². The number of hydrogen-bond acceptors (Lipinski definition) is 3. The Bertz CT molecular complexity index is 777. The summed E-state index contributed by atoms with van der Waals surface area (Å²) in [5.41, 5.74) is 1.84. The van der Waals surface area contributed by atoms with E-state index in [1.54, 1.807) is 4.57 Å². The van der Waals surface area contributed by atoms with Crippen molar-refractivity contribution in [3.63, 3.8) is 0 Å². The highest BCUT2D eigenvalue weighted by atomic mass is 16.4. The van der Waals surface area contributed by atoms with E-state index in [0.717, 1.165) is 16.5 Å². The second-order valence-electron chi connectivity index (χ2n) is 4.29. The van der Waals surface area contributed by atoms with Gasteiger partial charge in [-0.05, 0) is 24.6 Å². The van der Waals surface area contributed by atoms with Crippen LogP contribution in [0.3, 0.4) is 0 Å². The van der Waals surface area contributed by atoms with Crippen LogP contribution in [0.25, 0.3) is 16.7 Å². The van der Waals surface area contributed by atoms with Gasteiger partial charge in [0.15, 0.2) is 5.69 Å². The number of fused-ring (bicyclic) bond motifs is 1. The summed E-state index contributed by atoms with van der Waals surface area (Å²) in [4.78, 5) is 19.2. The molecule has 0 amide bonds. The van der Waals surface area contributed by atoms with Crippen molar-refractivity contribution in [2.24, 2.45) is 0 Å². The molecular formula is C14H11N3O2. The van der Waals surface area contributed by atoms with E-state index >= 15 is 0 Å². The van der Waals surface area contributed by atoms with E-state index in [1.165, 1.54) is 12.5 Å². The number of pyridine rings is 1. The minimum atomic E-state index is -1.04. The lowest BCUT2D eigenvalue weighted by Gasteiger charge is -2.07. The number of carboxylic acid groups (broad SMARTS) is 1. The van der Waals surface area contributed by atoms with E-state index in [1.807, 2.05) is 37.3 Å². The summed E-state index contributed by atoms with van der Waals surface area (Å²) in [6.07, 6.45) is 2.93. The molecule has 2 heterocycles. The first kappa shape index (κ1) is 11.4. The molecule has 0 bridgehead atoms. The fraction of sp³-hybridized carbons (Fsp3) is 0.0714. The first-order valence-electron chi connectivity index (χ1n) is 5.79. The van der Waals surface area contributed by atoms with Gasteiger partial charge in [0.25, 0.3) is 0 Å². The third-order valence-electron chi connectivity index (χ3n) is 2.93. The molecule has 0 saturated carbocycles. The highest BCUT2D eigenvalue weighted by Gasteiger charge is 2.10. The van der Waals surface area contributed by atoms with Gasteiger partial charge in [0.2, 0.25) is 0 Å². The summed E-state index contributed by atoms with van der Waals surface area (Å²) in [5.74, 6) is -0.351. The number of rotatable bonds is 2. The molecule has 0 fully saturated rings. The van der Waals surface area contributed by atoms with Crippen molar-refractivity contribution in [2.45, 2.75) is 6.92 Å². The molecule has 0 radical (unpaired) electrons. The number of nitrogens with zero attached hydrogens (tertiary/aromatic N) is 3. The first-order chi connectivity index (χ1) is 9.15. The fourth-order valence-electron chi connectivity index (χ4n) is 2.02. The summed E-state index contributed by atoms with van der Waals surface area (Å²) < 4.78 is 1.63. The summed E-state index contributed by atoms with van der Waals surface area (Å²) in [7, 11) is 0. The lowest BCUT2D eigenvalue weighted by molar-refractivity contribution is 0.0691. The highest BCUT2D eigenvalue weighted by Crippen LogP contribution is 2.19. The topological polar surface area (TPSA) is 68.0 Å². The second kappa shape index (κ2) is 4.20. The Labute approximate surface area is 109 Å². The molecule has 5 heteroatoms. The van der Waals surface area contributed by atoms with Crippen molar-refractivity contribution >= 4 is 16.9 Å². The van der Waals surface area contributed by atoms with E-state index in [-0.39, 0.29) is 5.69 Å². The van der Waals surface area contributed by atoms with Gasteiger partial charge in [-0.1, -0.05) is 18.2 Å². The van der Waals surface area contributed by atoms with Crippen LogP contribution in [0.15, 0.2) is 42.9 Å². The molecule has 1 aromatic carbocycles. The Hall–Kier alpha value is -2.69. The number of aryl methyl sites for hydroxylation is 1. The van der Waals surface area contributed by atoms with Crippen molar-refractivity contribution in [1.82, 2.24) is 14.5 Å². The third kappa shape index (κ3) is 1.95. The second-order valence-corrected chi connectivity index (χ2v) is 4.29. The van der Waals surface area contributed by atoms with E-state index < -0.39 is 5.97 Å². The Morgan fingerprint density at radius 2 is 2.11 bits per heavy atom. The Morgan fingerprint density at radius 3 is 2.84 bits per heavy atom. The van der Waals surface area contributed by atoms with Crippen LogP contribution in [-0.4, -0.2) is 25.6 Å². The number of aromatic nitrogens is 3. The summed E-state index contributed by atoms with van der Waals surface area (Å²) in [6.45, 7) is 1.94. The average Bonchev–Trinajstić information content (AvgIpc) is 2.87. The molecular weight excluding hydrogens is 242 g/mol. The van der Waals surface area contributed by atoms with Crippen LogP contribution in [0.4, 0.5) is 0 Å². The van der Waals surface area contributed by atoms with Crippen LogP contribution in [0.1, 0.15) is 16.1 Å². The quantitative estimate of drug-likeness (QED) is 0.761. The standard InChI is InChI=1S/C14H11N3O2/c1-9-6-10-4-2-3-5-11(10)16-13(9)17-7-12(14(18)19)15-8-17/h2-8H,1H3,(H,18,19). The first-order valence-corrected chi connectivity index (χ1v) is 5.79. The maximum absolute atomic E-state index is 10.8. The van der Waals surface area contributed by atoms with Crippen molar-refractivity contribution in [2.75, 3.05) is 0 Å². The molecule has 0 saturated heterocycles. The fourth-order valence-corrected chi connectivity index (χ4v) is 2.02. The molecule has 0 aliphatic rings. The van der Waals surface area contributed by atoms with Crippen molar-refractivity contribution in [3.8, 4) is 5.82 Å². The number of imidazole rings is 1. The van der Waals surface area contributed by atoms with Crippen molar-refractivity contribution in [3.05, 3.63) is 54.1 Å². The van der Waals surface area contributed by atoms with Crippen LogP contribution in [0.2, 0.25) is 0 Å². The van der Waals surface area contributed by atoms with Crippen LogP contribution < -0.4 is 0 Å². The number of benzene rings is 1. The molecule has 3 rings (SSSR count). The molecule has 0 spiro atoms. The zero-order valence-electron chi connectivity index (χ0n) is 10.2. The molecule has 0 atom stereocenters. The molecule has 0 unspecified atom stereocenters. The largest absolute Gasteiger partial charge is 0.476 e. The predicted molar refractivity (Wildman–Crippen MR) is 70.6 cm³/mol. The minimum Gasteiger partial charge on any atom is -0.476 e. The van der Waals surface area contributed by atoms with Gasteiger partial charge in [-0.2, -0.15) is 0 Å². The van der Waals surface area contributed by atoms with E-state index in [4.69, 9.17) is 5.11 Å². The minimum absolute atomic E-state index is 0.00867. The third-order valence-corrected chi connectivity index (χ3v) is 2.93. The van der Waals surface area contributed by atoms with E-state index in [0.29, 0.717) is 5.82 Å². The molecule has 0 aliphatic heterocycles. The Morgan fingerprint density at radius 1 is 1.32 bits per heavy atom. The zero-order valence-corrected chi connectivity index (χ0v) is 10.2. The van der Waals surface area contributed by atoms with Crippen LogP contribution in [0, 0.1) is 6.92 Å². The number of para-hydroxylation sites is 1. The Balaban J connectivity index is 2.18. The van der Waals surface area contributed by atoms with E-state index in [2.05, 4.69) is 9.97 Å². The van der Waals surface area contributed by atoms with Crippen molar-refractivity contribution in [1.29, 1.82) is 0 Å². The number of carboxylic acids is 1. The molecule has 19 heavy (non-hydrogen) atoms. The number of aromatic carboxylic acids is 1. The SMILES string of the molecule is Cc1cc2ccccc2nc1-n1cnc(C(=O)O)c1. The van der Waals surface area contributed by atoms with Crippen LogP contribution >= 0.6 is 0 Å². The van der Waals surface area contributed by atoms with Crippen molar-refractivity contribution < 1.29 is 9.90 Å². The molecule has 5 nitrogen and oxygen atoms in total. The predicted octanol–water partition coefficient (Wildman–Crippen LogP) is 2.43. The average molecular weight is 253 g/mol. The van der Waals surface area contributed by atoms with Gasteiger partial charge < -0.3 is 5.11 Å². The molecule has 1 N–H and O–H groups in total. The zero-order chi connectivity index (χ0) is 13.4. The van der Waals surface area contributed by atoms with Gasteiger partial charge in [0, 0.05) is 11.6 Å². The highest BCUT2D eigenvalue weighted by molar-refractivity contribution is 5.85. The lowest BCUT2D eigenvalue weighted by Crippen LogP contribution is -1.99. The maximum atomic E-state index is 10.8. The summed E-state index contributed by atoms with van der Waals surface area (Å²) in [5, 5.41) is 9.95. The maximum Gasteiger partial charge on any atom is 0.356 e. The monoisotopic (exact) mass is 253 g/mol. The van der Waals surface area contributed by atoms with Crippen LogP contribution in [0.5, 0.6) is 0 Å². The normalized spacial score (nSPS) is 10.8. The van der Waals surface area contributed by atoms with Gasteiger partial charge in [-0.15, -0.1) is 0 Å². The summed E-state index contributed by atoms with van der Waals surface area (Å²) >= 11 is 0. The van der Waals surface area contributed by atoms with Gasteiger partial charge in [-0.25, -0.2) is 14.8 Å². The van der Waals surface area contributed by atoms with Gasteiger partial charge in [-0.3, -0.25) is 4.57 Å². The molecule has 0 aliphatic carbocycles. The molecule has 94 valence electrons. The van der Waals surface area contributed by atoms with Crippen LogP contribution in [-0.2, 0) is 0 Å². The molecule has 2 aromatic heterocycles. The van der Waals surface area contributed by atoms with Gasteiger partial charge in [0.1, 0.15) is 12.1 Å².